The van der Waals surface area contributed by atoms with Crippen LogP contribution in [-0.2, 0) is 17.8 Å². The molecule has 0 aliphatic heterocycles. The number of carbonyl (C=O) groups is 1. The van der Waals surface area contributed by atoms with Gasteiger partial charge in [-0.2, -0.15) is 4.52 Å². The third-order valence-corrected chi connectivity index (χ3v) is 4.47. The number of nitrogens with zero attached hydrogens (tertiary/aromatic N) is 5. The Morgan fingerprint density at radius 2 is 1.83 bits per heavy atom. The standard InChI is InChI=1S/C21H20FN7O/c1-14-2-7-17(23-12-14)25-21(30)11-10-20-27-26-19-9-8-18(28-29(19)20)24-13-15-3-5-16(22)6-4-15/h2-9,12H,10-11,13H2,1H3,(H,24,28)(H,23,25,30). The fourth-order valence-electron chi connectivity index (χ4n) is 2.85. The number of anilines is 2. The van der Waals surface area contributed by atoms with E-state index in [9.17, 15) is 9.18 Å². The molecule has 3 aromatic heterocycles. The number of benzene rings is 1. The van der Waals surface area contributed by atoms with Gasteiger partial charge in [-0.3, -0.25) is 4.79 Å². The highest BCUT2D eigenvalue weighted by Crippen LogP contribution is 2.11. The Morgan fingerprint density at radius 3 is 2.60 bits per heavy atom. The molecule has 9 heteroatoms. The van der Waals surface area contributed by atoms with Gasteiger partial charge < -0.3 is 10.6 Å². The lowest BCUT2D eigenvalue weighted by molar-refractivity contribution is -0.116. The van der Waals surface area contributed by atoms with Crippen molar-refractivity contribution in [1.82, 2.24) is 24.8 Å². The van der Waals surface area contributed by atoms with E-state index >= 15 is 0 Å². The molecular weight excluding hydrogens is 385 g/mol. The van der Waals surface area contributed by atoms with E-state index in [2.05, 4.69) is 30.9 Å². The second-order valence-corrected chi connectivity index (χ2v) is 6.85. The van der Waals surface area contributed by atoms with Gasteiger partial charge in [0.05, 0.1) is 0 Å². The van der Waals surface area contributed by atoms with E-state index in [4.69, 9.17) is 0 Å². The van der Waals surface area contributed by atoms with E-state index < -0.39 is 0 Å². The summed E-state index contributed by atoms with van der Waals surface area (Å²) >= 11 is 0. The second-order valence-electron chi connectivity index (χ2n) is 6.85. The predicted molar refractivity (Wildman–Crippen MR) is 110 cm³/mol. The molecule has 0 bridgehead atoms. The normalized spacial score (nSPS) is 10.9. The molecule has 0 spiro atoms. The summed E-state index contributed by atoms with van der Waals surface area (Å²) < 4.78 is 14.6. The van der Waals surface area contributed by atoms with Crippen molar-refractivity contribution in [3.63, 3.8) is 0 Å². The molecule has 8 nitrogen and oxygen atoms in total. The monoisotopic (exact) mass is 405 g/mol. The van der Waals surface area contributed by atoms with Crippen molar-refractivity contribution in [1.29, 1.82) is 0 Å². The third-order valence-electron chi connectivity index (χ3n) is 4.47. The first-order chi connectivity index (χ1) is 14.6. The maximum atomic E-state index is 13.0. The number of aromatic nitrogens is 5. The maximum Gasteiger partial charge on any atom is 0.225 e. The van der Waals surface area contributed by atoms with Gasteiger partial charge in [0.25, 0.3) is 0 Å². The van der Waals surface area contributed by atoms with Crippen molar-refractivity contribution in [3.8, 4) is 0 Å². The minimum Gasteiger partial charge on any atom is -0.365 e. The Morgan fingerprint density at radius 1 is 1.03 bits per heavy atom. The Bertz CT molecular complexity index is 1160. The number of carbonyl (C=O) groups excluding carboxylic acids is 1. The number of aryl methyl sites for hydroxylation is 2. The van der Waals surface area contributed by atoms with Crippen molar-refractivity contribution in [2.45, 2.75) is 26.3 Å². The minimum absolute atomic E-state index is 0.159. The van der Waals surface area contributed by atoms with E-state index in [1.54, 1.807) is 41.0 Å². The van der Waals surface area contributed by atoms with E-state index in [-0.39, 0.29) is 18.1 Å². The van der Waals surface area contributed by atoms with Crippen LogP contribution in [0.4, 0.5) is 16.0 Å². The highest BCUT2D eigenvalue weighted by Gasteiger charge is 2.11. The number of hydrogen-bond acceptors (Lipinski definition) is 6. The Kier molecular flexibility index (Phi) is 5.60. The third kappa shape index (κ3) is 4.75. The van der Waals surface area contributed by atoms with Gasteiger partial charge in [-0.05, 0) is 48.4 Å². The molecule has 4 rings (SSSR count). The summed E-state index contributed by atoms with van der Waals surface area (Å²) in [4.78, 5) is 16.4. The molecule has 4 aromatic rings. The maximum absolute atomic E-state index is 13.0. The summed E-state index contributed by atoms with van der Waals surface area (Å²) in [6.45, 7) is 2.44. The Balaban J connectivity index is 1.39. The fraction of sp³-hybridized carbons (Fsp3) is 0.190. The van der Waals surface area contributed by atoms with Gasteiger partial charge in [0.15, 0.2) is 11.5 Å². The molecule has 0 atom stereocenters. The summed E-state index contributed by atoms with van der Waals surface area (Å²) in [7, 11) is 0. The average molecular weight is 405 g/mol. The largest absolute Gasteiger partial charge is 0.365 e. The summed E-state index contributed by atoms with van der Waals surface area (Å²) in [5, 5.41) is 18.7. The first-order valence-corrected chi connectivity index (χ1v) is 9.49. The summed E-state index contributed by atoms with van der Waals surface area (Å²) in [6, 6.07) is 13.5. The van der Waals surface area contributed by atoms with Crippen molar-refractivity contribution in [3.05, 3.63) is 77.5 Å². The van der Waals surface area contributed by atoms with Crippen LogP contribution in [0.1, 0.15) is 23.4 Å². The first kappa shape index (κ1) is 19.4. The van der Waals surface area contributed by atoms with E-state index in [0.29, 0.717) is 36.1 Å². The highest BCUT2D eigenvalue weighted by molar-refractivity contribution is 5.89. The van der Waals surface area contributed by atoms with Crippen LogP contribution in [0.3, 0.4) is 0 Å². The molecule has 1 amide bonds. The number of fused-ring (bicyclic) bond motifs is 1. The van der Waals surface area contributed by atoms with Crippen molar-refractivity contribution < 1.29 is 9.18 Å². The quantitative estimate of drug-likeness (QED) is 0.490. The highest BCUT2D eigenvalue weighted by atomic mass is 19.1. The van der Waals surface area contributed by atoms with Crippen LogP contribution >= 0.6 is 0 Å². The molecule has 0 radical (unpaired) electrons. The molecule has 2 N–H and O–H groups in total. The van der Waals surface area contributed by atoms with Gasteiger partial charge in [-0.1, -0.05) is 18.2 Å². The average Bonchev–Trinajstić information content (AvgIpc) is 3.16. The zero-order valence-corrected chi connectivity index (χ0v) is 16.3. The number of halogens is 1. The number of rotatable bonds is 7. The fourth-order valence-corrected chi connectivity index (χ4v) is 2.85. The van der Waals surface area contributed by atoms with Gasteiger partial charge in [0.1, 0.15) is 17.5 Å². The lowest BCUT2D eigenvalue weighted by Gasteiger charge is -2.07. The molecule has 0 saturated heterocycles. The van der Waals surface area contributed by atoms with Crippen LogP contribution in [-0.4, -0.2) is 30.7 Å². The Hall–Kier alpha value is -3.88. The van der Waals surface area contributed by atoms with Gasteiger partial charge in [-0.25, -0.2) is 9.37 Å². The van der Waals surface area contributed by atoms with Crippen LogP contribution in [0.25, 0.3) is 5.65 Å². The van der Waals surface area contributed by atoms with Crippen molar-refractivity contribution in [2.75, 3.05) is 10.6 Å². The van der Waals surface area contributed by atoms with Crippen LogP contribution in [0.2, 0.25) is 0 Å². The molecule has 1 aromatic carbocycles. The smallest absolute Gasteiger partial charge is 0.225 e. The number of nitrogens with one attached hydrogen (secondary N) is 2. The van der Waals surface area contributed by atoms with Crippen molar-refractivity contribution >= 4 is 23.2 Å². The number of hydrogen-bond donors (Lipinski definition) is 2. The summed E-state index contributed by atoms with van der Waals surface area (Å²) in [5.74, 6) is 1.30. The summed E-state index contributed by atoms with van der Waals surface area (Å²) in [5.41, 5.74) is 2.56. The first-order valence-electron chi connectivity index (χ1n) is 9.49. The topological polar surface area (TPSA) is 97.1 Å². The zero-order valence-electron chi connectivity index (χ0n) is 16.3. The molecule has 3 heterocycles. The van der Waals surface area contributed by atoms with Gasteiger partial charge in [-0.15, -0.1) is 15.3 Å². The van der Waals surface area contributed by atoms with Gasteiger partial charge in [0, 0.05) is 25.6 Å². The predicted octanol–water partition coefficient (Wildman–Crippen LogP) is 3.15. The number of pyridine rings is 1. The lowest BCUT2D eigenvalue weighted by Crippen LogP contribution is -2.14. The van der Waals surface area contributed by atoms with Crippen LogP contribution in [0.15, 0.2) is 54.7 Å². The molecule has 0 saturated carbocycles. The number of amides is 1. The lowest BCUT2D eigenvalue weighted by atomic mass is 10.2. The molecule has 30 heavy (non-hydrogen) atoms. The van der Waals surface area contributed by atoms with E-state index in [0.717, 1.165) is 11.1 Å². The minimum atomic E-state index is -0.269. The molecule has 152 valence electrons. The summed E-state index contributed by atoms with van der Waals surface area (Å²) in [6.07, 6.45) is 2.31. The van der Waals surface area contributed by atoms with Crippen LogP contribution in [0, 0.1) is 12.7 Å². The van der Waals surface area contributed by atoms with Crippen LogP contribution in [0.5, 0.6) is 0 Å². The van der Waals surface area contributed by atoms with Gasteiger partial charge >= 0.3 is 0 Å². The second kappa shape index (κ2) is 8.64. The van der Waals surface area contributed by atoms with Gasteiger partial charge in [0.2, 0.25) is 5.91 Å². The van der Waals surface area contributed by atoms with E-state index in [1.807, 2.05) is 13.0 Å². The molecule has 0 fully saturated rings. The molecular formula is C21H20FN7O. The Labute approximate surface area is 172 Å². The molecule has 0 aliphatic rings. The molecule has 0 aliphatic carbocycles. The molecule has 0 unspecified atom stereocenters. The van der Waals surface area contributed by atoms with E-state index in [1.165, 1.54) is 12.1 Å². The van der Waals surface area contributed by atoms with Crippen LogP contribution < -0.4 is 10.6 Å². The van der Waals surface area contributed by atoms with Crippen molar-refractivity contribution in [2.24, 2.45) is 0 Å². The SMILES string of the molecule is Cc1ccc(NC(=O)CCc2nnc3ccc(NCc4ccc(F)cc4)nn23)nc1. The zero-order chi connectivity index (χ0) is 20.9.